The van der Waals surface area contributed by atoms with Crippen molar-refractivity contribution in [3.8, 4) is 5.75 Å². The fraction of sp³-hybridized carbons (Fsp3) is 0.538. The molecule has 1 aromatic carbocycles. The Balaban J connectivity index is 1.73. The molecule has 1 atom stereocenters. The van der Waals surface area contributed by atoms with Crippen LogP contribution in [0.4, 0.5) is 0 Å². The molecule has 1 unspecified atom stereocenters. The van der Waals surface area contributed by atoms with Crippen LogP contribution in [0.5, 0.6) is 5.75 Å². The first kappa shape index (κ1) is 11.7. The van der Waals surface area contributed by atoms with E-state index in [1.54, 1.807) is 0 Å². The third-order valence-corrected chi connectivity index (χ3v) is 3.33. The van der Waals surface area contributed by atoms with Crippen LogP contribution >= 0.6 is 11.6 Å². The van der Waals surface area contributed by atoms with Gasteiger partial charge in [-0.25, -0.2) is 0 Å². The van der Waals surface area contributed by atoms with Crippen molar-refractivity contribution in [3.05, 3.63) is 29.3 Å². The van der Waals surface area contributed by atoms with Gasteiger partial charge in [-0.05, 0) is 50.4 Å². The van der Waals surface area contributed by atoms with E-state index in [0.29, 0.717) is 5.02 Å². The van der Waals surface area contributed by atoms with E-state index in [1.165, 1.54) is 19.4 Å². The second kappa shape index (κ2) is 6.12. The minimum Gasteiger partial charge on any atom is -0.492 e. The van der Waals surface area contributed by atoms with Crippen LogP contribution < -0.4 is 10.1 Å². The fourth-order valence-corrected chi connectivity index (χ4v) is 2.26. The summed E-state index contributed by atoms with van der Waals surface area (Å²) in [5.74, 6) is 1.56. The molecule has 1 aliphatic rings. The molecule has 0 saturated carbocycles. The van der Waals surface area contributed by atoms with Crippen molar-refractivity contribution in [2.75, 3.05) is 19.7 Å². The highest BCUT2D eigenvalue weighted by Crippen LogP contribution is 2.24. The highest BCUT2D eigenvalue weighted by molar-refractivity contribution is 6.32. The van der Waals surface area contributed by atoms with Gasteiger partial charge in [0.1, 0.15) is 5.75 Å². The van der Waals surface area contributed by atoms with Gasteiger partial charge in [0, 0.05) is 0 Å². The Morgan fingerprint density at radius 1 is 1.38 bits per heavy atom. The Hall–Kier alpha value is -0.730. The Bertz CT molecular complexity index is 323. The van der Waals surface area contributed by atoms with E-state index in [9.17, 15) is 0 Å². The number of rotatable bonds is 4. The summed E-state index contributed by atoms with van der Waals surface area (Å²) >= 11 is 6.01. The van der Waals surface area contributed by atoms with Crippen LogP contribution in [0, 0.1) is 5.92 Å². The van der Waals surface area contributed by atoms with Crippen LogP contribution in [0.25, 0.3) is 0 Å². The summed E-state index contributed by atoms with van der Waals surface area (Å²) in [4.78, 5) is 0. The summed E-state index contributed by atoms with van der Waals surface area (Å²) in [5.41, 5.74) is 0. The zero-order valence-corrected chi connectivity index (χ0v) is 10.2. The molecule has 1 saturated heterocycles. The minimum atomic E-state index is 0.698. The van der Waals surface area contributed by atoms with E-state index in [-0.39, 0.29) is 0 Å². The van der Waals surface area contributed by atoms with Gasteiger partial charge in [-0.1, -0.05) is 23.7 Å². The third-order valence-electron chi connectivity index (χ3n) is 3.02. The molecule has 16 heavy (non-hydrogen) atoms. The van der Waals surface area contributed by atoms with E-state index in [1.807, 2.05) is 24.3 Å². The van der Waals surface area contributed by atoms with Crippen molar-refractivity contribution in [1.29, 1.82) is 0 Å². The Morgan fingerprint density at radius 2 is 2.25 bits per heavy atom. The number of piperidine rings is 1. The summed E-state index contributed by atoms with van der Waals surface area (Å²) in [7, 11) is 0. The monoisotopic (exact) mass is 239 g/mol. The molecular weight excluding hydrogens is 222 g/mol. The summed E-state index contributed by atoms with van der Waals surface area (Å²) in [5, 5.41) is 4.11. The van der Waals surface area contributed by atoms with E-state index in [2.05, 4.69) is 5.32 Å². The minimum absolute atomic E-state index is 0.698. The molecule has 1 heterocycles. The highest BCUT2D eigenvalue weighted by Gasteiger charge is 2.12. The summed E-state index contributed by atoms with van der Waals surface area (Å²) < 4.78 is 5.68. The molecule has 2 rings (SSSR count). The molecule has 0 aromatic heterocycles. The first-order valence-electron chi connectivity index (χ1n) is 5.94. The molecule has 2 nitrogen and oxygen atoms in total. The predicted octanol–water partition coefficient (Wildman–Crippen LogP) is 3.11. The summed E-state index contributed by atoms with van der Waals surface area (Å²) in [6, 6.07) is 7.64. The van der Waals surface area contributed by atoms with Gasteiger partial charge in [0.05, 0.1) is 11.6 Å². The number of benzene rings is 1. The predicted molar refractivity (Wildman–Crippen MR) is 67.2 cm³/mol. The molecule has 0 aliphatic carbocycles. The van der Waals surface area contributed by atoms with E-state index >= 15 is 0 Å². The molecule has 1 N–H and O–H groups in total. The molecule has 1 fully saturated rings. The number of halogens is 1. The van der Waals surface area contributed by atoms with Crippen molar-refractivity contribution < 1.29 is 4.74 Å². The smallest absolute Gasteiger partial charge is 0.137 e. The largest absolute Gasteiger partial charge is 0.492 e. The fourth-order valence-electron chi connectivity index (χ4n) is 2.07. The summed E-state index contributed by atoms with van der Waals surface area (Å²) in [6.07, 6.45) is 3.72. The lowest BCUT2D eigenvalue weighted by Gasteiger charge is -2.22. The lowest BCUT2D eigenvalue weighted by molar-refractivity contribution is 0.254. The Labute approximate surface area is 102 Å². The molecular formula is C13H18ClNO. The van der Waals surface area contributed by atoms with Gasteiger partial charge in [0.15, 0.2) is 0 Å². The molecule has 3 heteroatoms. The molecule has 0 radical (unpaired) electrons. The van der Waals surface area contributed by atoms with Crippen LogP contribution in [-0.2, 0) is 0 Å². The average Bonchev–Trinajstić information content (AvgIpc) is 2.33. The lowest BCUT2D eigenvalue weighted by atomic mass is 9.97. The number of para-hydroxylation sites is 1. The number of nitrogens with one attached hydrogen (secondary N) is 1. The molecule has 1 aromatic rings. The van der Waals surface area contributed by atoms with Gasteiger partial charge < -0.3 is 10.1 Å². The zero-order valence-electron chi connectivity index (χ0n) is 9.42. The molecule has 0 amide bonds. The van der Waals surface area contributed by atoms with E-state index < -0.39 is 0 Å². The third kappa shape index (κ3) is 3.39. The topological polar surface area (TPSA) is 21.3 Å². The lowest BCUT2D eigenvalue weighted by Crippen LogP contribution is -2.30. The second-order valence-electron chi connectivity index (χ2n) is 4.28. The van der Waals surface area contributed by atoms with Gasteiger partial charge >= 0.3 is 0 Å². The van der Waals surface area contributed by atoms with Gasteiger partial charge in [-0.15, -0.1) is 0 Å². The van der Waals surface area contributed by atoms with Gasteiger partial charge in [0.25, 0.3) is 0 Å². The maximum atomic E-state index is 6.01. The van der Waals surface area contributed by atoms with Gasteiger partial charge in [0.2, 0.25) is 0 Å². The number of ether oxygens (including phenoxy) is 1. The van der Waals surface area contributed by atoms with E-state index in [4.69, 9.17) is 16.3 Å². The highest BCUT2D eigenvalue weighted by atomic mass is 35.5. The standard InChI is InChI=1S/C13H18ClNO/c14-12-5-1-2-6-13(12)16-9-7-11-4-3-8-15-10-11/h1-2,5-6,11,15H,3-4,7-10H2. The zero-order chi connectivity index (χ0) is 11.2. The Kier molecular flexibility index (Phi) is 4.49. The Morgan fingerprint density at radius 3 is 3.00 bits per heavy atom. The van der Waals surface area contributed by atoms with Crippen molar-refractivity contribution in [1.82, 2.24) is 5.32 Å². The van der Waals surface area contributed by atoms with Crippen LogP contribution in [0.1, 0.15) is 19.3 Å². The number of hydrogen-bond donors (Lipinski definition) is 1. The quantitative estimate of drug-likeness (QED) is 0.872. The first-order valence-corrected chi connectivity index (χ1v) is 6.32. The van der Waals surface area contributed by atoms with Crippen LogP contribution in [0.3, 0.4) is 0 Å². The molecule has 0 bridgehead atoms. The maximum Gasteiger partial charge on any atom is 0.137 e. The van der Waals surface area contributed by atoms with Crippen molar-refractivity contribution in [2.24, 2.45) is 5.92 Å². The molecule has 0 spiro atoms. The molecule has 1 aliphatic heterocycles. The first-order chi connectivity index (χ1) is 7.86. The summed E-state index contributed by atoms with van der Waals surface area (Å²) in [6.45, 7) is 3.06. The van der Waals surface area contributed by atoms with Crippen molar-refractivity contribution >= 4 is 11.6 Å². The number of hydrogen-bond acceptors (Lipinski definition) is 2. The second-order valence-corrected chi connectivity index (χ2v) is 4.69. The van der Waals surface area contributed by atoms with Gasteiger partial charge in [-0.2, -0.15) is 0 Å². The van der Waals surface area contributed by atoms with E-state index in [0.717, 1.165) is 31.2 Å². The normalized spacial score (nSPS) is 20.7. The van der Waals surface area contributed by atoms with Gasteiger partial charge in [-0.3, -0.25) is 0 Å². The maximum absolute atomic E-state index is 6.01. The van der Waals surface area contributed by atoms with Crippen LogP contribution in [0.2, 0.25) is 5.02 Å². The SMILES string of the molecule is Clc1ccccc1OCCC1CCCNC1. The molecule has 88 valence electrons. The van der Waals surface area contributed by atoms with Crippen molar-refractivity contribution in [3.63, 3.8) is 0 Å². The van der Waals surface area contributed by atoms with Crippen molar-refractivity contribution in [2.45, 2.75) is 19.3 Å². The average molecular weight is 240 g/mol. The van der Waals surface area contributed by atoms with Crippen LogP contribution in [-0.4, -0.2) is 19.7 Å². The van der Waals surface area contributed by atoms with Crippen LogP contribution in [0.15, 0.2) is 24.3 Å².